The van der Waals surface area contributed by atoms with Gasteiger partial charge in [-0.1, -0.05) is 32.0 Å². The molecule has 2 N–H and O–H groups in total. The maximum absolute atomic E-state index is 12.1. The third kappa shape index (κ3) is 3.45. The maximum atomic E-state index is 12.1. The second-order valence-electron chi connectivity index (χ2n) is 6.04. The summed E-state index contributed by atoms with van der Waals surface area (Å²) in [4.78, 5) is 16.2. The lowest BCUT2D eigenvalue weighted by Crippen LogP contribution is -2.26. The van der Waals surface area contributed by atoms with Crippen LogP contribution in [0, 0.1) is 0 Å². The van der Waals surface area contributed by atoms with E-state index in [2.05, 4.69) is 41.6 Å². The summed E-state index contributed by atoms with van der Waals surface area (Å²) in [5.74, 6) is 0.339. The molecule has 1 heterocycles. The van der Waals surface area contributed by atoms with E-state index in [-0.39, 0.29) is 5.91 Å². The number of nitrogens with zero attached hydrogens (tertiary/aromatic N) is 1. The van der Waals surface area contributed by atoms with Crippen molar-refractivity contribution in [2.75, 3.05) is 5.32 Å². The lowest BCUT2D eigenvalue weighted by Gasteiger charge is -2.15. The first-order chi connectivity index (χ1) is 10.6. The van der Waals surface area contributed by atoms with E-state index in [0.29, 0.717) is 17.7 Å². The fourth-order valence-electron chi connectivity index (χ4n) is 2.39. The molecule has 2 aromatic rings. The van der Waals surface area contributed by atoms with E-state index in [1.807, 2.05) is 18.2 Å². The number of anilines is 2. The Bertz CT molecular complexity index is 678. The average molecular weight is 295 g/mol. The summed E-state index contributed by atoms with van der Waals surface area (Å²) in [6.45, 7) is 4.34. The molecule has 0 spiro atoms. The van der Waals surface area contributed by atoms with Crippen molar-refractivity contribution < 1.29 is 4.79 Å². The molecule has 114 valence electrons. The van der Waals surface area contributed by atoms with Crippen LogP contribution in [0.25, 0.3) is 0 Å². The number of hydrogen-bond acceptors (Lipinski definition) is 3. The van der Waals surface area contributed by atoms with E-state index in [9.17, 15) is 4.79 Å². The Kier molecular flexibility index (Phi) is 4.09. The van der Waals surface area contributed by atoms with Crippen LogP contribution in [-0.2, 0) is 0 Å². The quantitative estimate of drug-likeness (QED) is 0.881. The van der Waals surface area contributed by atoms with Gasteiger partial charge < -0.3 is 10.6 Å². The number of nitrogens with one attached hydrogen (secondary N) is 2. The van der Waals surface area contributed by atoms with Crippen molar-refractivity contribution in [2.45, 2.75) is 38.6 Å². The minimum atomic E-state index is -0.0942. The molecule has 1 saturated carbocycles. The van der Waals surface area contributed by atoms with Gasteiger partial charge in [0, 0.05) is 23.6 Å². The predicted molar refractivity (Wildman–Crippen MR) is 88.5 cm³/mol. The number of para-hydroxylation sites is 1. The molecule has 1 fully saturated rings. The lowest BCUT2D eigenvalue weighted by atomic mass is 10.0. The van der Waals surface area contributed by atoms with Crippen molar-refractivity contribution in [1.82, 2.24) is 10.3 Å². The zero-order valence-corrected chi connectivity index (χ0v) is 13.0. The Morgan fingerprint density at radius 3 is 2.73 bits per heavy atom. The van der Waals surface area contributed by atoms with E-state index in [1.54, 1.807) is 12.3 Å². The highest BCUT2D eigenvalue weighted by Gasteiger charge is 2.24. The molecule has 1 aromatic carbocycles. The van der Waals surface area contributed by atoms with Gasteiger partial charge in [0.1, 0.15) is 5.69 Å². The summed E-state index contributed by atoms with van der Waals surface area (Å²) in [6.07, 6.45) is 3.82. The van der Waals surface area contributed by atoms with Crippen molar-refractivity contribution in [1.29, 1.82) is 0 Å². The number of carbonyl (C=O) groups is 1. The monoisotopic (exact) mass is 295 g/mol. The molecule has 22 heavy (non-hydrogen) atoms. The van der Waals surface area contributed by atoms with Crippen LogP contribution >= 0.6 is 0 Å². The van der Waals surface area contributed by atoms with Crippen LogP contribution in [0.4, 0.5) is 11.4 Å². The highest BCUT2D eigenvalue weighted by Crippen LogP contribution is 2.27. The number of amides is 1. The fourth-order valence-corrected chi connectivity index (χ4v) is 2.39. The van der Waals surface area contributed by atoms with Gasteiger partial charge in [-0.05, 0) is 42.5 Å². The molecule has 4 nitrogen and oxygen atoms in total. The molecule has 1 amide bonds. The molecule has 0 saturated heterocycles. The third-order valence-electron chi connectivity index (χ3n) is 3.77. The zero-order valence-electron chi connectivity index (χ0n) is 13.0. The largest absolute Gasteiger partial charge is 0.355 e. The number of hydrogen-bond donors (Lipinski definition) is 2. The van der Waals surface area contributed by atoms with Gasteiger partial charge in [0.05, 0.1) is 0 Å². The van der Waals surface area contributed by atoms with Gasteiger partial charge in [0.25, 0.3) is 5.91 Å². The zero-order chi connectivity index (χ0) is 15.5. The van der Waals surface area contributed by atoms with Crippen LogP contribution < -0.4 is 10.6 Å². The Hall–Kier alpha value is -2.36. The Morgan fingerprint density at radius 1 is 1.23 bits per heavy atom. The summed E-state index contributed by atoms with van der Waals surface area (Å²) >= 11 is 0. The number of carbonyl (C=O) groups excluding carboxylic acids is 1. The summed E-state index contributed by atoms with van der Waals surface area (Å²) in [5.41, 5.74) is 3.66. The standard InChI is InChI=1S/C18H21N3O/c1-12(2)15-5-3-4-6-16(15)20-14-9-10-19-17(11-14)18(22)21-13-7-8-13/h3-6,9-13H,7-8H2,1-2H3,(H,19,20)(H,21,22). The van der Waals surface area contributed by atoms with Crippen molar-refractivity contribution in [3.05, 3.63) is 53.9 Å². The van der Waals surface area contributed by atoms with E-state index >= 15 is 0 Å². The van der Waals surface area contributed by atoms with Crippen LogP contribution in [0.15, 0.2) is 42.6 Å². The van der Waals surface area contributed by atoms with Crippen LogP contribution in [0.5, 0.6) is 0 Å². The van der Waals surface area contributed by atoms with Gasteiger partial charge in [0.2, 0.25) is 0 Å². The molecule has 3 rings (SSSR count). The molecule has 1 aromatic heterocycles. The molecule has 0 unspecified atom stereocenters. The molecular formula is C18H21N3O. The number of aromatic nitrogens is 1. The van der Waals surface area contributed by atoms with Gasteiger partial charge in [-0.2, -0.15) is 0 Å². The topological polar surface area (TPSA) is 54.0 Å². The summed E-state index contributed by atoms with van der Waals surface area (Å²) in [5, 5.41) is 6.36. The average Bonchev–Trinajstić information content (AvgIpc) is 3.32. The lowest BCUT2D eigenvalue weighted by molar-refractivity contribution is 0.0946. The van der Waals surface area contributed by atoms with Crippen molar-refractivity contribution >= 4 is 17.3 Å². The SMILES string of the molecule is CC(C)c1ccccc1Nc1ccnc(C(=O)NC2CC2)c1. The summed E-state index contributed by atoms with van der Waals surface area (Å²) < 4.78 is 0. The van der Waals surface area contributed by atoms with Crippen LogP contribution in [0.1, 0.15) is 48.7 Å². The molecule has 0 bridgehead atoms. The number of benzene rings is 1. The first-order valence-electron chi connectivity index (χ1n) is 7.76. The van der Waals surface area contributed by atoms with Gasteiger partial charge in [0.15, 0.2) is 0 Å². The first-order valence-corrected chi connectivity index (χ1v) is 7.76. The maximum Gasteiger partial charge on any atom is 0.270 e. The van der Waals surface area contributed by atoms with Crippen LogP contribution in [-0.4, -0.2) is 16.9 Å². The highest BCUT2D eigenvalue weighted by atomic mass is 16.2. The number of rotatable bonds is 5. The second-order valence-corrected chi connectivity index (χ2v) is 6.04. The molecule has 4 heteroatoms. The molecule has 0 radical (unpaired) electrons. The normalized spacial score (nSPS) is 14.0. The van der Waals surface area contributed by atoms with E-state index in [0.717, 1.165) is 24.2 Å². The van der Waals surface area contributed by atoms with Gasteiger partial charge in [-0.15, -0.1) is 0 Å². The Morgan fingerprint density at radius 2 is 2.00 bits per heavy atom. The van der Waals surface area contributed by atoms with Crippen LogP contribution in [0.3, 0.4) is 0 Å². The third-order valence-corrected chi connectivity index (χ3v) is 3.77. The second kappa shape index (κ2) is 6.18. The Labute approximate surface area is 131 Å². The highest BCUT2D eigenvalue weighted by molar-refractivity contribution is 5.93. The predicted octanol–water partition coefficient (Wildman–Crippen LogP) is 3.84. The van der Waals surface area contributed by atoms with Gasteiger partial charge >= 0.3 is 0 Å². The smallest absolute Gasteiger partial charge is 0.270 e. The fraction of sp³-hybridized carbons (Fsp3) is 0.333. The molecule has 0 atom stereocenters. The van der Waals surface area contributed by atoms with Crippen molar-refractivity contribution in [2.24, 2.45) is 0 Å². The summed E-state index contributed by atoms with van der Waals surface area (Å²) in [6, 6.07) is 12.2. The van der Waals surface area contributed by atoms with Crippen LogP contribution in [0.2, 0.25) is 0 Å². The molecule has 1 aliphatic carbocycles. The minimum Gasteiger partial charge on any atom is -0.355 e. The van der Waals surface area contributed by atoms with Gasteiger partial charge in [-0.3, -0.25) is 9.78 Å². The molecule has 1 aliphatic rings. The van der Waals surface area contributed by atoms with E-state index < -0.39 is 0 Å². The van der Waals surface area contributed by atoms with E-state index in [1.165, 1.54) is 5.56 Å². The first kappa shape index (κ1) is 14.6. The number of pyridine rings is 1. The van der Waals surface area contributed by atoms with E-state index in [4.69, 9.17) is 0 Å². The molecule has 0 aliphatic heterocycles. The van der Waals surface area contributed by atoms with Crippen molar-refractivity contribution in [3.63, 3.8) is 0 Å². The van der Waals surface area contributed by atoms with Gasteiger partial charge in [-0.25, -0.2) is 0 Å². The van der Waals surface area contributed by atoms with Crippen molar-refractivity contribution in [3.8, 4) is 0 Å². The Balaban J connectivity index is 1.79. The minimum absolute atomic E-state index is 0.0942. The molecular weight excluding hydrogens is 274 g/mol. The summed E-state index contributed by atoms with van der Waals surface area (Å²) in [7, 11) is 0.